The van der Waals surface area contributed by atoms with E-state index in [0.717, 1.165) is 35.7 Å². The van der Waals surface area contributed by atoms with E-state index in [1.54, 1.807) is 16.8 Å². The maximum Gasteiger partial charge on any atom is 0.350 e. The van der Waals surface area contributed by atoms with Crippen molar-refractivity contribution in [3.8, 4) is 16.9 Å². The van der Waals surface area contributed by atoms with Crippen LogP contribution in [0.2, 0.25) is 0 Å². The number of carboxylic acids is 1. The Morgan fingerprint density at radius 1 is 1.12 bits per heavy atom. The number of ether oxygens (including phenoxy) is 1. The highest BCUT2D eigenvalue weighted by Gasteiger charge is 2.18. The first kappa shape index (κ1) is 29.7. The number of hydrogen-bond acceptors (Lipinski definition) is 9. The van der Waals surface area contributed by atoms with Crippen LogP contribution in [0, 0.1) is 10.1 Å². The lowest BCUT2D eigenvalue weighted by Gasteiger charge is -2.03. The zero-order valence-electron chi connectivity index (χ0n) is 22.8. The molecule has 214 valence electrons. The molecule has 0 atom stereocenters. The van der Waals surface area contributed by atoms with Crippen LogP contribution < -0.4 is 0 Å². The van der Waals surface area contributed by atoms with Crippen molar-refractivity contribution in [2.45, 2.75) is 58.6 Å². The van der Waals surface area contributed by atoms with Crippen molar-refractivity contribution in [2.24, 2.45) is 4.99 Å². The molecule has 4 aromatic rings. The molecule has 4 rings (SSSR count). The van der Waals surface area contributed by atoms with Gasteiger partial charge in [0.05, 0.1) is 35.7 Å². The van der Waals surface area contributed by atoms with Crippen LogP contribution in [-0.4, -0.2) is 48.3 Å². The summed E-state index contributed by atoms with van der Waals surface area (Å²) in [6.07, 6.45) is 7.69. The van der Waals surface area contributed by atoms with Crippen LogP contribution in [0.3, 0.4) is 0 Å². The fourth-order valence-electron chi connectivity index (χ4n) is 4.16. The molecule has 0 aliphatic rings. The van der Waals surface area contributed by atoms with Gasteiger partial charge in [-0.2, -0.15) is 0 Å². The molecule has 2 heterocycles. The van der Waals surface area contributed by atoms with E-state index < -0.39 is 10.9 Å². The maximum atomic E-state index is 11.8. The monoisotopic (exact) mass is 576 g/mol. The highest BCUT2D eigenvalue weighted by Crippen LogP contribution is 2.24. The van der Waals surface area contributed by atoms with Crippen LogP contribution in [0.1, 0.15) is 55.3 Å². The van der Waals surface area contributed by atoms with Crippen molar-refractivity contribution in [3.05, 3.63) is 86.5 Å². The third-order valence-electron chi connectivity index (χ3n) is 6.36. The number of nitro benzene ring substituents is 1. The van der Waals surface area contributed by atoms with Crippen LogP contribution in [0.15, 0.2) is 65.1 Å². The number of carboxylic acid groups (broad SMARTS) is 1. The lowest BCUT2D eigenvalue weighted by atomic mass is 10.1. The van der Waals surface area contributed by atoms with E-state index >= 15 is 0 Å². The number of carbonyl (C=O) groups is 1. The molecule has 0 aliphatic carbocycles. The van der Waals surface area contributed by atoms with Gasteiger partial charge in [0.25, 0.3) is 5.69 Å². The first-order valence-corrected chi connectivity index (χ1v) is 14.4. The third-order valence-corrected chi connectivity index (χ3v) is 7.19. The van der Waals surface area contributed by atoms with Gasteiger partial charge < -0.3 is 9.84 Å². The fraction of sp³-hybridized carbons (Fsp3) is 0.345. The number of benzene rings is 2. The SMILES string of the molecule is CCCCCCCOCc1cn(-c2ccc(-c3csc(CN=C(Cc4ccccc4[N+](=O)[O-])C(=O)O)n3)cc2)nn1. The Balaban J connectivity index is 1.34. The van der Waals surface area contributed by atoms with Crippen LogP contribution >= 0.6 is 11.3 Å². The molecule has 0 saturated carbocycles. The summed E-state index contributed by atoms with van der Waals surface area (Å²) in [5, 5.41) is 31.8. The number of unbranched alkanes of at least 4 members (excludes halogenated alkanes) is 4. The van der Waals surface area contributed by atoms with Crippen molar-refractivity contribution in [1.29, 1.82) is 0 Å². The van der Waals surface area contributed by atoms with Gasteiger partial charge in [-0.1, -0.05) is 68.2 Å². The third kappa shape index (κ3) is 8.60. The largest absolute Gasteiger partial charge is 0.477 e. The van der Waals surface area contributed by atoms with Gasteiger partial charge in [-0.25, -0.2) is 14.5 Å². The summed E-state index contributed by atoms with van der Waals surface area (Å²) in [5.41, 5.74) is 3.26. The van der Waals surface area contributed by atoms with E-state index in [9.17, 15) is 20.0 Å². The molecular weight excluding hydrogens is 544 g/mol. The van der Waals surface area contributed by atoms with Crippen molar-refractivity contribution in [2.75, 3.05) is 6.61 Å². The number of hydrogen-bond donors (Lipinski definition) is 1. The minimum atomic E-state index is -1.22. The van der Waals surface area contributed by atoms with Crippen molar-refractivity contribution in [1.82, 2.24) is 20.0 Å². The lowest BCUT2D eigenvalue weighted by Crippen LogP contribution is -2.17. The van der Waals surface area contributed by atoms with Gasteiger partial charge >= 0.3 is 5.97 Å². The number of aliphatic carboxylic acids is 1. The molecule has 12 heteroatoms. The number of nitro groups is 1. The lowest BCUT2D eigenvalue weighted by molar-refractivity contribution is -0.385. The van der Waals surface area contributed by atoms with E-state index in [1.807, 2.05) is 35.8 Å². The van der Waals surface area contributed by atoms with E-state index in [0.29, 0.717) is 17.2 Å². The molecule has 0 aliphatic heterocycles. The fourth-order valence-corrected chi connectivity index (χ4v) is 4.88. The van der Waals surface area contributed by atoms with Gasteiger partial charge in [0, 0.05) is 35.6 Å². The number of para-hydroxylation sites is 1. The molecule has 0 spiro atoms. The zero-order valence-corrected chi connectivity index (χ0v) is 23.6. The van der Waals surface area contributed by atoms with Gasteiger partial charge in [0.15, 0.2) is 0 Å². The molecule has 11 nitrogen and oxygen atoms in total. The van der Waals surface area contributed by atoms with Crippen LogP contribution in [0.25, 0.3) is 16.9 Å². The quantitative estimate of drug-likeness (QED) is 0.0734. The highest BCUT2D eigenvalue weighted by atomic mass is 32.1. The second-order valence-corrected chi connectivity index (χ2v) is 10.4. The summed E-state index contributed by atoms with van der Waals surface area (Å²) >= 11 is 1.37. The Hall–Kier alpha value is -4.29. The first-order valence-electron chi connectivity index (χ1n) is 13.5. The van der Waals surface area contributed by atoms with Gasteiger partial charge in [0.2, 0.25) is 0 Å². The smallest absolute Gasteiger partial charge is 0.350 e. The minimum Gasteiger partial charge on any atom is -0.477 e. The standard InChI is InChI=1S/C29H32N6O5S/c1-2-3-4-5-8-15-40-19-23-18-34(33-32-23)24-13-11-21(12-14-24)26-20-41-28(31-26)17-30-25(29(36)37)16-22-9-6-7-10-27(22)35(38)39/h6-7,9-14,18,20H,2-5,8,15-17,19H2,1H3,(H,36,37). The molecule has 0 saturated heterocycles. The first-order chi connectivity index (χ1) is 19.9. The molecule has 0 amide bonds. The molecule has 41 heavy (non-hydrogen) atoms. The second kappa shape index (κ2) is 14.9. The molecule has 0 bridgehead atoms. The van der Waals surface area contributed by atoms with Crippen LogP contribution in [0.4, 0.5) is 5.69 Å². The number of aromatic nitrogens is 4. The van der Waals surface area contributed by atoms with Crippen molar-refractivity contribution < 1.29 is 19.6 Å². The average Bonchev–Trinajstić information content (AvgIpc) is 3.65. The van der Waals surface area contributed by atoms with Gasteiger partial charge in [-0.15, -0.1) is 16.4 Å². The molecule has 0 fully saturated rings. The summed E-state index contributed by atoms with van der Waals surface area (Å²) in [6, 6.07) is 13.8. The number of thiazole rings is 1. The topological polar surface area (TPSA) is 146 Å². The van der Waals surface area contributed by atoms with Crippen molar-refractivity contribution >= 4 is 28.7 Å². The Labute approximate surface area is 241 Å². The second-order valence-electron chi connectivity index (χ2n) is 9.43. The molecular formula is C29H32N6O5S. The predicted molar refractivity (Wildman–Crippen MR) is 156 cm³/mol. The molecule has 0 radical (unpaired) electrons. The molecule has 0 unspecified atom stereocenters. The highest BCUT2D eigenvalue weighted by molar-refractivity contribution is 7.09. The molecule has 1 N–H and O–H groups in total. The van der Waals surface area contributed by atoms with E-state index in [-0.39, 0.29) is 24.4 Å². The summed E-state index contributed by atoms with van der Waals surface area (Å²) in [4.78, 5) is 31.3. The van der Waals surface area contributed by atoms with E-state index in [1.165, 1.54) is 49.2 Å². The van der Waals surface area contributed by atoms with Crippen molar-refractivity contribution in [3.63, 3.8) is 0 Å². The summed E-state index contributed by atoms with van der Waals surface area (Å²) in [6.45, 7) is 3.42. The minimum absolute atomic E-state index is 0.0631. The summed E-state index contributed by atoms with van der Waals surface area (Å²) < 4.78 is 7.43. The van der Waals surface area contributed by atoms with E-state index in [4.69, 9.17) is 4.74 Å². The Morgan fingerprint density at radius 2 is 1.90 bits per heavy atom. The number of aliphatic imine (C=N–C) groups is 1. The average molecular weight is 577 g/mol. The Morgan fingerprint density at radius 3 is 2.66 bits per heavy atom. The number of rotatable bonds is 16. The summed E-state index contributed by atoms with van der Waals surface area (Å²) in [7, 11) is 0. The van der Waals surface area contributed by atoms with Gasteiger partial charge in [0.1, 0.15) is 16.4 Å². The van der Waals surface area contributed by atoms with Crippen LogP contribution in [-0.2, 0) is 29.1 Å². The predicted octanol–water partition coefficient (Wildman–Crippen LogP) is 6.05. The van der Waals surface area contributed by atoms with Gasteiger partial charge in [-0.05, 0) is 18.6 Å². The number of nitrogens with zero attached hydrogens (tertiary/aromatic N) is 6. The maximum absolute atomic E-state index is 11.8. The van der Waals surface area contributed by atoms with Crippen LogP contribution in [0.5, 0.6) is 0 Å². The Bertz CT molecular complexity index is 1480. The van der Waals surface area contributed by atoms with Gasteiger partial charge in [-0.3, -0.25) is 15.1 Å². The van der Waals surface area contributed by atoms with E-state index in [2.05, 4.69) is 27.2 Å². The molecule has 2 aromatic carbocycles. The summed E-state index contributed by atoms with van der Waals surface area (Å²) in [5.74, 6) is -1.22. The Kier molecular flexibility index (Phi) is 10.8. The normalized spacial score (nSPS) is 11.6. The molecule has 2 aromatic heterocycles. The zero-order chi connectivity index (χ0) is 29.0.